The number of halogens is 1. The lowest BCUT2D eigenvalue weighted by Crippen LogP contribution is -2.49. The van der Waals surface area contributed by atoms with Gasteiger partial charge in [-0.1, -0.05) is 0 Å². The standard InChI is InChI=1S/C12H16BrNO5S2/c1-12(19-2)4-3-5-14(7-12)21(17,18)9-6-8(11(15)16)20-10(9)13/h6H,3-5,7H2,1-2H3,(H,15,16). The molecule has 1 saturated heterocycles. The van der Waals surface area contributed by atoms with Crippen molar-refractivity contribution in [2.45, 2.75) is 30.3 Å². The highest BCUT2D eigenvalue weighted by atomic mass is 79.9. The first-order valence-electron chi connectivity index (χ1n) is 6.27. The number of sulfonamides is 1. The molecule has 0 bridgehead atoms. The monoisotopic (exact) mass is 397 g/mol. The highest BCUT2D eigenvalue weighted by Gasteiger charge is 2.38. The zero-order valence-corrected chi connectivity index (χ0v) is 14.8. The number of carbonyl (C=O) groups is 1. The highest BCUT2D eigenvalue weighted by Crippen LogP contribution is 2.36. The van der Waals surface area contributed by atoms with Gasteiger partial charge < -0.3 is 9.84 Å². The van der Waals surface area contributed by atoms with Crippen LogP contribution in [0.5, 0.6) is 0 Å². The van der Waals surface area contributed by atoms with Crippen LogP contribution in [0.2, 0.25) is 0 Å². The van der Waals surface area contributed by atoms with Gasteiger partial charge in [0.1, 0.15) is 9.77 Å². The first-order valence-corrected chi connectivity index (χ1v) is 9.32. The number of thiophene rings is 1. The number of rotatable bonds is 4. The third kappa shape index (κ3) is 3.31. The molecular weight excluding hydrogens is 382 g/mol. The molecule has 9 heteroatoms. The average Bonchev–Trinajstić information content (AvgIpc) is 2.82. The number of ether oxygens (including phenoxy) is 1. The van der Waals surface area contributed by atoms with Gasteiger partial charge in [0.25, 0.3) is 0 Å². The van der Waals surface area contributed by atoms with E-state index in [1.165, 1.54) is 10.4 Å². The fraction of sp³-hybridized carbons (Fsp3) is 0.583. The van der Waals surface area contributed by atoms with E-state index in [0.29, 0.717) is 16.8 Å². The molecule has 0 aliphatic carbocycles. The number of piperidine rings is 1. The molecule has 6 nitrogen and oxygen atoms in total. The number of carboxylic acids is 1. The average molecular weight is 398 g/mol. The summed E-state index contributed by atoms with van der Waals surface area (Å²) in [4.78, 5) is 11.0. The second-order valence-corrected chi connectivity index (χ2v) is 9.43. The second-order valence-electron chi connectivity index (χ2n) is 5.15. The Morgan fingerprint density at radius 3 is 2.76 bits per heavy atom. The summed E-state index contributed by atoms with van der Waals surface area (Å²) in [7, 11) is -2.16. The molecule has 118 valence electrons. The summed E-state index contributed by atoms with van der Waals surface area (Å²) < 4.78 is 32.5. The van der Waals surface area contributed by atoms with Gasteiger partial charge in [0.15, 0.2) is 0 Å². The maximum Gasteiger partial charge on any atom is 0.345 e. The number of methoxy groups -OCH3 is 1. The molecule has 21 heavy (non-hydrogen) atoms. The summed E-state index contributed by atoms with van der Waals surface area (Å²) in [6, 6.07) is 1.20. The molecule has 1 aromatic heterocycles. The summed E-state index contributed by atoms with van der Waals surface area (Å²) in [5.41, 5.74) is -0.510. The van der Waals surface area contributed by atoms with Gasteiger partial charge in [-0.25, -0.2) is 13.2 Å². The first-order chi connectivity index (χ1) is 9.69. The minimum atomic E-state index is -3.73. The molecule has 1 aromatic rings. The lowest BCUT2D eigenvalue weighted by molar-refractivity contribution is -0.0319. The number of aromatic carboxylic acids is 1. The van der Waals surface area contributed by atoms with Gasteiger partial charge in [0.05, 0.1) is 9.39 Å². The van der Waals surface area contributed by atoms with Crippen molar-refractivity contribution in [3.63, 3.8) is 0 Å². The molecular formula is C12H16BrNO5S2. The SMILES string of the molecule is COC1(C)CCCN(S(=O)(=O)c2cc(C(=O)O)sc2Br)C1. The van der Waals surface area contributed by atoms with E-state index >= 15 is 0 Å². The molecule has 0 aromatic carbocycles. The molecule has 0 amide bonds. The van der Waals surface area contributed by atoms with Gasteiger partial charge in [0, 0.05) is 20.2 Å². The summed E-state index contributed by atoms with van der Waals surface area (Å²) in [5, 5.41) is 8.98. The maximum atomic E-state index is 12.7. The van der Waals surface area contributed by atoms with E-state index in [2.05, 4.69) is 15.9 Å². The number of hydrogen-bond donors (Lipinski definition) is 1. The lowest BCUT2D eigenvalue weighted by Gasteiger charge is -2.38. The molecule has 1 aliphatic heterocycles. The highest BCUT2D eigenvalue weighted by molar-refractivity contribution is 9.11. The van der Waals surface area contributed by atoms with Crippen LogP contribution < -0.4 is 0 Å². The summed E-state index contributed by atoms with van der Waals surface area (Å²) in [6.07, 6.45) is 1.50. The Balaban J connectivity index is 2.36. The van der Waals surface area contributed by atoms with Gasteiger partial charge in [-0.2, -0.15) is 4.31 Å². The molecule has 1 unspecified atom stereocenters. The molecule has 2 heterocycles. The van der Waals surface area contributed by atoms with Crippen molar-refractivity contribution in [3.8, 4) is 0 Å². The lowest BCUT2D eigenvalue weighted by atomic mass is 9.96. The van der Waals surface area contributed by atoms with E-state index in [4.69, 9.17) is 9.84 Å². The zero-order chi connectivity index (χ0) is 15.8. The van der Waals surface area contributed by atoms with Crippen LogP contribution in [-0.2, 0) is 14.8 Å². The van der Waals surface area contributed by atoms with Gasteiger partial charge in [-0.3, -0.25) is 0 Å². The Bertz CT molecular complexity index is 657. The summed E-state index contributed by atoms with van der Waals surface area (Å²) in [5.74, 6) is -1.14. The minimum Gasteiger partial charge on any atom is -0.477 e. The molecule has 0 saturated carbocycles. The Morgan fingerprint density at radius 1 is 1.57 bits per heavy atom. The molecule has 1 N–H and O–H groups in total. The molecule has 1 fully saturated rings. The fourth-order valence-electron chi connectivity index (χ4n) is 2.30. The molecule has 1 aliphatic rings. The third-order valence-corrected chi connectivity index (χ3v) is 7.69. The van der Waals surface area contributed by atoms with Crippen LogP contribution in [0.3, 0.4) is 0 Å². The Hall–Kier alpha value is -0.480. The topological polar surface area (TPSA) is 83.9 Å². The largest absolute Gasteiger partial charge is 0.477 e. The Kier molecular flexibility index (Phi) is 4.79. The van der Waals surface area contributed by atoms with Crippen LogP contribution in [0.1, 0.15) is 29.4 Å². The maximum absolute atomic E-state index is 12.7. The van der Waals surface area contributed by atoms with Crippen LogP contribution in [0.15, 0.2) is 14.7 Å². The minimum absolute atomic E-state index is 0.00486. The Morgan fingerprint density at radius 2 is 2.24 bits per heavy atom. The van der Waals surface area contributed by atoms with Crippen molar-refractivity contribution in [3.05, 3.63) is 14.7 Å². The first kappa shape index (κ1) is 16.9. The zero-order valence-electron chi connectivity index (χ0n) is 11.6. The van der Waals surface area contributed by atoms with Crippen LogP contribution >= 0.6 is 27.3 Å². The number of carboxylic acid groups (broad SMARTS) is 1. The third-order valence-electron chi connectivity index (χ3n) is 3.60. The van der Waals surface area contributed by atoms with Gasteiger partial charge in [0.2, 0.25) is 10.0 Å². The van der Waals surface area contributed by atoms with Gasteiger partial charge in [-0.05, 0) is 41.8 Å². The Labute approximate surface area is 135 Å². The number of hydrogen-bond acceptors (Lipinski definition) is 5. The van der Waals surface area contributed by atoms with Crippen LogP contribution in [0.4, 0.5) is 0 Å². The molecule has 0 spiro atoms. The van der Waals surface area contributed by atoms with Gasteiger partial charge in [-0.15, -0.1) is 11.3 Å². The van der Waals surface area contributed by atoms with Crippen molar-refractivity contribution in [1.82, 2.24) is 4.31 Å². The van der Waals surface area contributed by atoms with Crippen molar-refractivity contribution in [2.24, 2.45) is 0 Å². The van der Waals surface area contributed by atoms with Crippen molar-refractivity contribution < 1.29 is 23.1 Å². The van der Waals surface area contributed by atoms with Crippen molar-refractivity contribution in [1.29, 1.82) is 0 Å². The quantitative estimate of drug-likeness (QED) is 0.842. The number of nitrogens with zero attached hydrogens (tertiary/aromatic N) is 1. The summed E-state index contributed by atoms with van der Waals surface area (Å²) in [6.45, 7) is 2.54. The fourth-order valence-corrected chi connectivity index (χ4v) is 6.25. The van der Waals surface area contributed by atoms with E-state index in [1.807, 2.05) is 6.92 Å². The van der Waals surface area contributed by atoms with E-state index in [-0.39, 0.29) is 16.3 Å². The van der Waals surface area contributed by atoms with Crippen LogP contribution in [0.25, 0.3) is 0 Å². The molecule has 0 radical (unpaired) electrons. The van der Waals surface area contributed by atoms with E-state index in [0.717, 1.165) is 17.8 Å². The second kappa shape index (κ2) is 5.96. The molecule has 2 rings (SSSR count). The van der Waals surface area contributed by atoms with Crippen molar-refractivity contribution in [2.75, 3.05) is 20.2 Å². The van der Waals surface area contributed by atoms with Crippen molar-refractivity contribution >= 4 is 43.3 Å². The predicted molar refractivity (Wildman–Crippen MR) is 82.4 cm³/mol. The smallest absolute Gasteiger partial charge is 0.345 e. The summed E-state index contributed by atoms with van der Waals surface area (Å²) >= 11 is 4.05. The van der Waals surface area contributed by atoms with Crippen LogP contribution in [-0.4, -0.2) is 49.6 Å². The van der Waals surface area contributed by atoms with E-state index in [9.17, 15) is 13.2 Å². The normalized spacial score (nSPS) is 24.1. The van der Waals surface area contributed by atoms with E-state index in [1.54, 1.807) is 7.11 Å². The molecule has 1 atom stereocenters. The predicted octanol–water partition coefficient (Wildman–Crippen LogP) is 2.40. The van der Waals surface area contributed by atoms with Crippen LogP contribution in [0, 0.1) is 0 Å². The van der Waals surface area contributed by atoms with E-state index < -0.39 is 21.6 Å². The van der Waals surface area contributed by atoms with Gasteiger partial charge >= 0.3 is 5.97 Å².